The van der Waals surface area contributed by atoms with Crippen molar-refractivity contribution < 1.29 is 14.2 Å². The van der Waals surface area contributed by atoms with Crippen LogP contribution in [0.15, 0.2) is 140 Å². The molecule has 3 aliphatic rings. The fourth-order valence-electron chi connectivity index (χ4n) is 9.54. The van der Waals surface area contributed by atoms with Gasteiger partial charge in [0.1, 0.15) is 11.9 Å². The van der Waals surface area contributed by atoms with E-state index in [2.05, 4.69) is 121 Å². The Hall–Kier alpha value is -6.05. The lowest BCUT2D eigenvalue weighted by atomic mass is 9.72. The van der Waals surface area contributed by atoms with Crippen molar-refractivity contribution in [2.24, 2.45) is 11.8 Å². The van der Waals surface area contributed by atoms with E-state index in [1.165, 1.54) is 12.8 Å². The van der Waals surface area contributed by atoms with Crippen molar-refractivity contribution in [3.05, 3.63) is 156 Å². The van der Waals surface area contributed by atoms with E-state index in [1.54, 1.807) is 7.11 Å². The number of benzene rings is 6. The summed E-state index contributed by atoms with van der Waals surface area (Å²) >= 11 is 0. The SMILES string of the molecule is CC[C@H]1CN2CC[C@H]1CC2[C@@H](Oc1nnc(OC(c2cccc3ccccc23)c2cccc3ccccc23)c2ccccc12)c1ccnc2ccc(OC)cc12. The molecule has 0 N–H and O–H groups in total. The van der Waals surface area contributed by atoms with Crippen molar-refractivity contribution in [1.29, 1.82) is 0 Å². The standard InChI is InChI=1S/C49H44N4O3/c1-3-31-30-53-27-25-34(31)28-45(53)47(40-24-26-50-44-23-22-35(54-2)29-43(40)44)56-49-42-19-9-8-18-41(42)48(51-52-49)55-46(38-20-10-14-32-12-4-6-16-36(32)38)39-21-11-15-33-13-5-7-17-37(33)39/h4-24,26,29,31,34,45-47H,3,25,27-28,30H2,1-2H3/t31-,34-,45?,47-/m0/s1. The number of hydrogen-bond donors (Lipinski definition) is 0. The van der Waals surface area contributed by atoms with E-state index in [-0.39, 0.29) is 12.1 Å². The number of piperidine rings is 3. The number of fused-ring (bicyclic) bond motifs is 7. The van der Waals surface area contributed by atoms with E-state index < -0.39 is 6.10 Å². The van der Waals surface area contributed by atoms with Crippen LogP contribution in [-0.2, 0) is 0 Å². The Morgan fingerprint density at radius 1 is 0.661 bits per heavy atom. The third-order valence-electron chi connectivity index (χ3n) is 12.4. The van der Waals surface area contributed by atoms with Crippen LogP contribution in [0, 0.1) is 11.8 Å². The molecule has 7 nitrogen and oxygen atoms in total. The van der Waals surface area contributed by atoms with Crippen LogP contribution < -0.4 is 14.2 Å². The first-order valence-corrected chi connectivity index (χ1v) is 19.9. The second-order valence-electron chi connectivity index (χ2n) is 15.3. The Labute approximate surface area is 326 Å². The van der Waals surface area contributed by atoms with Crippen LogP contribution in [-0.4, -0.2) is 46.3 Å². The number of hydrogen-bond acceptors (Lipinski definition) is 7. The van der Waals surface area contributed by atoms with Gasteiger partial charge in [0, 0.05) is 34.8 Å². The predicted molar refractivity (Wildman–Crippen MR) is 223 cm³/mol. The molecule has 5 heterocycles. The van der Waals surface area contributed by atoms with Gasteiger partial charge in [-0.1, -0.05) is 110 Å². The van der Waals surface area contributed by atoms with E-state index in [9.17, 15) is 0 Å². The van der Waals surface area contributed by atoms with E-state index in [0.29, 0.717) is 23.6 Å². The second-order valence-corrected chi connectivity index (χ2v) is 15.3. The zero-order valence-electron chi connectivity index (χ0n) is 31.7. The van der Waals surface area contributed by atoms with Crippen molar-refractivity contribution in [2.45, 2.75) is 44.4 Å². The Morgan fingerprint density at radius 3 is 1.91 bits per heavy atom. The number of pyridine rings is 1. The molecule has 3 saturated heterocycles. The molecule has 0 saturated carbocycles. The highest BCUT2D eigenvalue weighted by molar-refractivity contribution is 5.92. The van der Waals surface area contributed by atoms with Crippen molar-refractivity contribution in [3.8, 4) is 17.5 Å². The molecule has 278 valence electrons. The third-order valence-corrected chi connectivity index (χ3v) is 12.4. The number of methoxy groups -OCH3 is 1. The summed E-state index contributed by atoms with van der Waals surface area (Å²) in [6, 6.07) is 46.4. The lowest BCUT2D eigenvalue weighted by molar-refractivity contribution is -0.0491. The van der Waals surface area contributed by atoms with Crippen LogP contribution in [0.5, 0.6) is 17.5 Å². The fourth-order valence-corrected chi connectivity index (χ4v) is 9.54. The first-order chi connectivity index (χ1) is 27.7. The zero-order valence-corrected chi connectivity index (χ0v) is 31.7. The number of aromatic nitrogens is 3. The molecule has 0 aliphatic carbocycles. The summed E-state index contributed by atoms with van der Waals surface area (Å²) in [7, 11) is 1.71. The average molecular weight is 737 g/mol. The summed E-state index contributed by atoms with van der Waals surface area (Å²) in [6.07, 6.45) is 4.63. The summed E-state index contributed by atoms with van der Waals surface area (Å²) < 4.78 is 20.1. The van der Waals surface area contributed by atoms with Gasteiger partial charge in [0.05, 0.1) is 29.4 Å². The fraction of sp³-hybridized carbons (Fsp3) is 0.245. The monoisotopic (exact) mass is 736 g/mol. The molecule has 0 radical (unpaired) electrons. The maximum Gasteiger partial charge on any atom is 0.242 e. The van der Waals surface area contributed by atoms with E-state index in [1.807, 2.05) is 30.5 Å². The van der Waals surface area contributed by atoms with Crippen molar-refractivity contribution in [3.63, 3.8) is 0 Å². The molecular weight excluding hydrogens is 693 g/mol. The maximum atomic E-state index is 7.26. The topological polar surface area (TPSA) is 69.6 Å². The van der Waals surface area contributed by atoms with Gasteiger partial charge < -0.3 is 14.2 Å². The maximum absolute atomic E-state index is 7.26. The van der Waals surface area contributed by atoms with Gasteiger partial charge in [-0.05, 0) is 89.2 Å². The van der Waals surface area contributed by atoms with Crippen LogP contribution >= 0.6 is 0 Å². The van der Waals surface area contributed by atoms with E-state index in [0.717, 1.165) is 85.2 Å². The molecule has 0 amide bonds. The van der Waals surface area contributed by atoms with Gasteiger partial charge in [-0.3, -0.25) is 9.88 Å². The zero-order chi connectivity index (χ0) is 37.6. The summed E-state index contributed by atoms with van der Waals surface area (Å²) in [5, 5.41) is 17.1. The Morgan fingerprint density at radius 2 is 1.29 bits per heavy atom. The quantitative estimate of drug-likeness (QED) is 0.138. The highest BCUT2D eigenvalue weighted by Crippen LogP contribution is 2.46. The average Bonchev–Trinajstić information content (AvgIpc) is 3.27. The molecular formula is C49H44N4O3. The molecule has 3 fully saturated rings. The van der Waals surface area contributed by atoms with Crippen LogP contribution in [0.4, 0.5) is 0 Å². The molecule has 56 heavy (non-hydrogen) atoms. The third kappa shape index (κ3) is 6.07. The molecule has 5 atom stereocenters. The van der Waals surface area contributed by atoms with Crippen LogP contribution in [0.2, 0.25) is 0 Å². The lowest BCUT2D eigenvalue weighted by Gasteiger charge is -2.51. The van der Waals surface area contributed by atoms with Gasteiger partial charge in [0.2, 0.25) is 11.8 Å². The molecule has 3 aliphatic heterocycles. The minimum Gasteiger partial charge on any atom is -0.497 e. The minimum absolute atomic E-state index is 0.173. The van der Waals surface area contributed by atoms with Gasteiger partial charge in [-0.25, -0.2) is 0 Å². The summed E-state index contributed by atoms with van der Waals surface area (Å²) in [4.78, 5) is 7.38. The predicted octanol–water partition coefficient (Wildman–Crippen LogP) is 10.9. The largest absolute Gasteiger partial charge is 0.497 e. The molecule has 6 aromatic carbocycles. The van der Waals surface area contributed by atoms with Crippen molar-refractivity contribution in [2.75, 3.05) is 20.2 Å². The molecule has 11 rings (SSSR count). The van der Waals surface area contributed by atoms with Gasteiger partial charge in [-0.2, -0.15) is 0 Å². The molecule has 0 spiro atoms. The molecule has 2 unspecified atom stereocenters. The molecule has 2 aromatic heterocycles. The van der Waals surface area contributed by atoms with Crippen LogP contribution in [0.1, 0.15) is 55.1 Å². The molecule has 7 heteroatoms. The van der Waals surface area contributed by atoms with E-state index in [4.69, 9.17) is 29.4 Å². The normalized spacial score (nSPS) is 19.8. The number of ether oxygens (including phenoxy) is 3. The second kappa shape index (κ2) is 14.5. The highest BCUT2D eigenvalue weighted by atomic mass is 16.5. The van der Waals surface area contributed by atoms with Crippen molar-refractivity contribution >= 4 is 43.2 Å². The molecule has 2 bridgehead atoms. The first kappa shape index (κ1) is 34.4. The Bertz CT molecular complexity index is 2630. The van der Waals surface area contributed by atoms with E-state index >= 15 is 0 Å². The molecule has 8 aromatic rings. The first-order valence-electron chi connectivity index (χ1n) is 19.9. The van der Waals surface area contributed by atoms with Gasteiger partial charge >= 0.3 is 0 Å². The lowest BCUT2D eigenvalue weighted by Crippen LogP contribution is -2.56. The number of nitrogens with zero attached hydrogens (tertiary/aromatic N) is 4. The van der Waals surface area contributed by atoms with Crippen molar-refractivity contribution in [1.82, 2.24) is 20.1 Å². The van der Waals surface area contributed by atoms with Gasteiger partial charge in [0.15, 0.2) is 6.10 Å². The van der Waals surface area contributed by atoms with Gasteiger partial charge in [-0.15, -0.1) is 10.2 Å². The van der Waals surface area contributed by atoms with Crippen LogP contribution in [0.3, 0.4) is 0 Å². The Balaban J connectivity index is 1.10. The smallest absolute Gasteiger partial charge is 0.242 e. The summed E-state index contributed by atoms with van der Waals surface area (Å²) in [6.45, 7) is 4.48. The van der Waals surface area contributed by atoms with Crippen LogP contribution in [0.25, 0.3) is 43.2 Å². The number of rotatable bonds is 10. The Kier molecular flexibility index (Phi) is 8.95. The summed E-state index contributed by atoms with van der Waals surface area (Å²) in [5.74, 6) is 3.12. The minimum atomic E-state index is -0.459. The van der Waals surface area contributed by atoms with Gasteiger partial charge in [0.25, 0.3) is 0 Å². The summed E-state index contributed by atoms with van der Waals surface area (Å²) in [5.41, 5.74) is 4.12. The highest BCUT2D eigenvalue weighted by Gasteiger charge is 2.44.